The Kier molecular flexibility index (Phi) is 47.0. The SMILES string of the molecule is CCCCCCC/C=C\C/C=C\C/C=C\CCCCCCCCCCC(=O)OC(COC(=O)CCCCCCCCCCCCCCCCCCCCC)COP(=O)([O-])OCC[N+](C)(C)C. The molecule has 0 aliphatic carbocycles. The van der Waals surface area contributed by atoms with Crippen LogP contribution in [0.25, 0.3) is 0 Å². The monoisotopic (exact) mass is 952 g/mol. The summed E-state index contributed by atoms with van der Waals surface area (Å²) in [5.74, 6) is -0.830. The first-order valence-corrected chi connectivity index (χ1v) is 29.2. The van der Waals surface area contributed by atoms with Gasteiger partial charge in [-0.3, -0.25) is 14.2 Å². The van der Waals surface area contributed by atoms with Crippen molar-refractivity contribution in [2.75, 3.05) is 47.5 Å². The van der Waals surface area contributed by atoms with E-state index in [1.807, 2.05) is 21.1 Å². The molecule has 388 valence electrons. The lowest BCUT2D eigenvalue weighted by molar-refractivity contribution is -0.870. The highest BCUT2D eigenvalue weighted by atomic mass is 31.2. The highest BCUT2D eigenvalue weighted by molar-refractivity contribution is 7.45. The van der Waals surface area contributed by atoms with Gasteiger partial charge in [-0.2, -0.15) is 0 Å². The Morgan fingerprint density at radius 2 is 0.818 bits per heavy atom. The van der Waals surface area contributed by atoms with Gasteiger partial charge >= 0.3 is 11.9 Å². The minimum Gasteiger partial charge on any atom is -0.756 e. The van der Waals surface area contributed by atoms with Crippen LogP contribution in [0.15, 0.2) is 36.5 Å². The highest BCUT2D eigenvalue weighted by Gasteiger charge is 2.21. The van der Waals surface area contributed by atoms with Crippen LogP contribution in [-0.2, 0) is 32.7 Å². The molecule has 0 N–H and O–H groups in total. The number of esters is 2. The summed E-state index contributed by atoms with van der Waals surface area (Å²) < 4.78 is 34.1. The number of unbranched alkanes of at least 4 members (excludes halogenated alkanes) is 31. The first-order valence-electron chi connectivity index (χ1n) is 27.7. The molecule has 0 saturated carbocycles. The van der Waals surface area contributed by atoms with E-state index in [1.54, 1.807) is 0 Å². The minimum atomic E-state index is -4.63. The van der Waals surface area contributed by atoms with Crippen LogP contribution in [0.3, 0.4) is 0 Å². The number of quaternary nitrogens is 1. The number of phosphoric acid groups is 1. The first-order chi connectivity index (χ1) is 32.0. The number of phosphoric ester groups is 1. The first kappa shape index (κ1) is 64.2. The summed E-state index contributed by atoms with van der Waals surface area (Å²) in [6.45, 7) is 4.25. The van der Waals surface area contributed by atoms with E-state index in [4.69, 9.17) is 18.5 Å². The van der Waals surface area contributed by atoms with Crippen molar-refractivity contribution in [3.63, 3.8) is 0 Å². The second kappa shape index (κ2) is 48.3. The number of likely N-dealkylation sites (N-methyl/N-ethyl adjacent to an activating group) is 1. The van der Waals surface area contributed by atoms with Gasteiger partial charge < -0.3 is 27.9 Å². The van der Waals surface area contributed by atoms with E-state index in [0.29, 0.717) is 17.4 Å². The summed E-state index contributed by atoms with van der Waals surface area (Å²) in [7, 11) is 1.17. The minimum absolute atomic E-state index is 0.0313. The van der Waals surface area contributed by atoms with Gasteiger partial charge in [0.1, 0.15) is 19.8 Å². The topological polar surface area (TPSA) is 111 Å². The van der Waals surface area contributed by atoms with E-state index in [0.717, 1.165) is 57.8 Å². The summed E-state index contributed by atoms with van der Waals surface area (Å²) in [6, 6.07) is 0. The number of hydrogen-bond donors (Lipinski definition) is 0. The molecular formula is C56H106NO8P. The number of rotatable bonds is 51. The third-order valence-corrected chi connectivity index (χ3v) is 13.1. The molecule has 0 aliphatic rings. The van der Waals surface area contributed by atoms with Gasteiger partial charge in [0.15, 0.2) is 6.10 Å². The van der Waals surface area contributed by atoms with E-state index in [-0.39, 0.29) is 32.0 Å². The number of hydrogen-bond acceptors (Lipinski definition) is 8. The quantitative estimate of drug-likeness (QED) is 0.0195. The van der Waals surface area contributed by atoms with Crippen molar-refractivity contribution < 1.29 is 42.1 Å². The van der Waals surface area contributed by atoms with Gasteiger partial charge in [0.25, 0.3) is 7.82 Å². The lowest BCUT2D eigenvalue weighted by atomic mass is 10.0. The fraction of sp³-hybridized carbons (Fsp3) is 0.857. The molecule has 10 heteroatoms. The number of ether oxygens (including phenoxy) is 2. The maximum Gasteiger partial charge on any atom is 0.306 e. The highest BCUT2D eigenvalue weighted by Crippen LogP contribution is 2.38. The van der Waals surface area contributed by atoms with Crippen LogP contribution >= 0.6 is 7.82 Å². The fourth-order valence-corrected chi connectivity index (χ4v) is 8.57. The van der Waals surface area contributed by atoms with Crippen LogP contribution in [-0.4, -0.2) is 70.0 Å². The maximum atomic E-state index is 12.8. The van der Waals surface area contributed by atoms with Crippen LogP contribution in [0.5, 0.6) is 0 Å². The lowest BCUT2D eigenvalue weighted by Crippen LogP contribution is -2.37. The van der Waals surface area contributed by atoms with E-state index in [1.165, 1.54) is 167 Å². The zero-order chi connectivity index (χ0) is 48.5. The predicted molar refractivity (Wildman–Crippen MR) is 277 cm³/mol. The zero-order valence-electron chi connectivity index (χ0n) is 43.9. The molecule has 0 amide bonds. The third kappa shape index (κ3) is 51.6. The van der Waals surface area contributed by atoms with E-state index in [2.05, 4.69) is 50.3 Å². The molecule has 2 atom stereocenters. The number of carbonyl (C=O) groups excluding carboxylic acids is 2. The van der Waals surface area contributed by atoms with E-state index < -0.39 is 26.5 Å². The molecule has 0 radical (unpaired) electrons. The molecule has 0 bridgehead atoms. The molecule has 0 fully saturated rings. The molecule has 0 rings (SSSR count). The second-order valence-electron chi connectivity index (χ2n) is 20.0. The largest absolute Gasteiger partial charge is 0.756 e. The predicted octanol–water partition coefficient (Wildman–Crippen LogP) is 16.2. The second-order valence-corrected chi connectivity index (χ2v) is 21.4. The lowest BCUT2D eigenvalue weighted by Gasteiger charge is -2.28. The number of carbonyl (C=O) groups is 2. The van der Waals surface area contributed by atoms with E-state index >= 15 is 0 Å². The average Bonchev–Trinajstić information content (AvgIpc) is 3.27. The Bertz CT molecular complexity index is 1210. The van der Waals surface area contributed by atoms with Crippen molar-refractivity contribution in [2.24, 2.45) is 0 Å². The van der Waals surface area contributed by atoms with Crippen molar-refractivity contribution in [3.05, 3.63) is 36.5 Å². The van der Waals surface area contributed by atoms with Crippen LogP contribution in [0.4, 0.5) is 0 Å². The van der Waals surface area contributed by atoms with Crippen LogP contribution in [0.2, 0.25) is 0 Å². The van der Waals surface area contributed by atoms with Crippen molar-refractivity contribution in [3.8, 4) is 0 Å². The Hall–Kier alpha value is -1.77. The Labute approximate surface area is 408 Å². The molecule has 0 aromatic heterocycles. The van der Waals surface area contributed by atoms with Crippen LogP contribution < -0.4 is 4.89 Å². The zero-order valence-corrected chi connectivity index (χ0v) is 44.8. The Balaban J connectivity index is 4.21. The molecular weight excluding hydrogens is 846 g/mol. The van der Waals surface area contributed by atoms with Crippen LogP contribution in [0.1, 0.15) is 258 Å². The van der Waals surface area contributed by atoms with Gasteiger partial charge in [0.05, 0.1) is 27.7 Å². The van der Waals surface area contributed by atoms with Gasteiger partial charge in [0.2, 0.25) is 0 Å². The smallest absolute Gasteiger partial charge is 0.306 e. The molecule has 0 aliphatic heterocycles. The Morgan fingerprint density at radius 3 is 1.21 bits per heavy atom. The molecule has 0 aromatic rings. The molecule has 2 unspecified atom stereocenters. The van der Waals surface area contributed by atoms with Gasteiger partial charge in [-0.1, -0.05) is 230 Å². The van der Waals surface area contributed by atoms with Crippen molar-refractivity contribution in [2.45, 2.75) is 264 Å². The van der Waals surface area contributed by atoms with E-state index in [9.17, 15) is 19.0 Å². The summed E-state index contributed by atoms with van der Waals surface area (Å²) in [4.78, 5) is 37.8. The normalized spacial score (nSPS) is 13.6. The van der Waals surface area contributed by atoms with Crippen molar-refractivity contribution in [1.29, 1.82) is 0 Å². The molecule has 0 aromatic carbocycles. The molecule has 0 saturated heterocycles. The standard InChI is InChI=1S/C56H106NO8P/c1-6-8-10-12-14-16-18-20-22-24-26-27-28-29-31-33-35-37-39-41-43-45-47-49-56(59)65-54(53-64-66(60,61)63-51-50-57(3,4)5)52-62-55(58)48-46-44-42-40-38-36-34-32-30-25-23-21-19-17-15-13-11-9-7-2/h18,20,24,26,28-29,54H,6-17,19,21-23,25,27,30-53H2,1-5H3/b20-18-,26-24-,29-28-. The summed E-state index contributed by atoms with van der Waals surface area (Å²) >= 11 is 0. The van der Waals surface area contributed by atoms with Gasteiger partial charge in [-0.25, -0.2) is 0 Å². The summed E-state index contributed by atoms with van der Waals surface area (Å²) in [6.07, 6.45) is 57.5. The summed E-state index contributed by atoms with van der Waals surface area (Å²) in [5.41, 5.74) is 0. The fourth-order valence-electron chi connectivity index (χ4n) is 7.84. The van der Waals surface area contributed by atoms with Gasteiger partial charge in [-0.05, 0) is 51.4 Å². The van der Waals surface area contributed by atoms with Gasteiger partial charge in [-0.15, -0.1) is 0 Å². The summed E-state index contributed by atoms with van der Waals surface area (Å²) in [5, 5.41) is 0. The van der Waals surface area contributed by atoms with Crippen molar-refractivity contribution in [1.82, 2.24) is 0 Å². The molecule has 0 heterocycles. The van der Waals surface area contributed by atoms with Crippen LogP contribution in [0, 0.1) is 0 Å². The molecule has 0 spiro atoms. The molecule has 66 heavy (non-hydrogen) atoms. The third-order valence-electron chi connectivity index (χ3n) is 12.2. The Morgan fingerprint density at radius 1 is 0.470 bits per heavy atom. The average molecular weight is 952 g/mol. The van der Waals surface area contributed by atoms with Crippen molar-refractivity contribution >= 4 is 19.8 Å². The maximum absolute atomic E-state index is 12.8. The number of allylic oxidation sites excluding steroid dienone is 6. The van der Waals surface area contributed by atoms with Gasteiger partial charge in [0, 0.05) is 12.8 Å². The number of nitrogens with zero attached hydrogens (tertiary/aromatic N) is 1. The molecule has 9 nitrogen and oxygen atoms in total.